The van der Waals surface area contributed by atoms with Gasteiger partial charge in [-0.25, -0.2) is 9.37 Å². The summed E-state index contributed by atoms with van der Waals surface area (Å²) >= 11 is 0. The predicted molar refractivity (Wildman–Crippen MR) is 110 cm³/mol. The van der Waals surface area contributed by atoms with Crippen LogP contribution in [-0.4, -0.2) is 61.0 Å². The van der Waals surface area contributed by atoms with Crippen molar-refractivity contribution < 1.29 is 9.18 Å². The van der Waals surface area contributed by atoms with Gasteiger partial charge in [0.2, 0.25) is 0 Å². The van der Waals surface area contributed by atoms with Gasteiger partial charge in [0.25, 0.3) is 5.91 Å². The first kappa shape index (κ1) is 20.3. The van der Waals surface area contributed by atoms with Gasteiger partial charge in [-0.1, -0.05) is 18.2 Å². The van der Waals surface area contributed by atoms with Crippen molar-refractivity contribution in [2.24, 2.45) is 5.92 Å². The third-order valence-electron chi connectivity index (χ3n) is 5.50. The van der Waals surface area contributed by atoms with E-state index in [1.54, 1.807) is 31.4 Å². The first-order chi connectivity index (χ1) is 13.6. The SMILES string of the molecule is CNc1cc(C(=O)N(C)CC2CCN(CCc3ccccc3F)CC2)ccn1. The molecule has 0 radical (unpaired) electrons. The molecule has 0 spiro atoms. The highest BCUT2D eigenvalue weighted by molar-refractivity contribution is 5.94. The number of nitrogens with zero attached hydrogens (tertiary/aromatic N) is 3. The van der Waals surface area contributed by atoms with Crippen LogP contribution < -0.4 is 5.32 Å². The molecule has 1 aliphatic heterocycles. The van der Waals surface area contributed by atoms with Gasteiger partial charge in [-0.15, -0.1) is 0 Å². The molecule has 1 fully saturated rings. The lowest BCUT2D eigenvalue weighted by Crippen LogP contribution is -2.40. The third kappa shape index (κ3) is 5.29. The lowest BCUT2D eigenvalue weighted by atomic mass is 9.95. The quantitative estimate of drug-likeness (QED) is 0.796. The Bertz CT molecular complexity index is 790. The second-order valence-corrected chi connectivity index (χ2v) is 7.49. The summed E-state index contributed by atoms with van der Waals surface area (Å²) in [6, 6.07) is 10.5. The summed E-state index contributed by atoms with van der Waals surface area (Å²) in [4.78, 5) is 21.0. The fourth-order valence-electron chi connectivity index (χ4n) is 3.76. The minimum atomic E-state index is -0.116. The highest BCUT2D eigenvalue weighted by atomic mass is 19.1. The van der Waals surface area contributed by atoms with E-state index in [-0.39, 0.29) is 11.7 Å². The van der Waals surface area contributed by atoms with Crippen molar-refractivity contribution in [3.63, 3.8) is 0 Å². The van der Waals surface area contributed by atoms with E-state index in [2.05, 4.69) is 15.2 Å². The smallest absolute Gasteiger partial charge is 0.253 e. The van der Waals surface area contributed by atoms with Crippen LogP contribution in [0.1, 0.15) is 28.8 Å². The Labute approximate surface area is 166 Å². The van der Waals surface area contributed by atoms with Crippen LogP contribution >= 0.6 is 0 Å². The number of nitrogens with one attached hydrogen (secondary N) is 1. The molecule has 1 aliphatic rings. The van der Waals surface area contributed by atoms with Crippen molar-refractivity contribution in [2.45, 2.75) is 19.3 Å². The van der Waals surface area contributed by atoms with Gasteiger partial charge in [-0.3, -0.25) is 4.79 Å². The number of carbonyl (C=O) groups excluding carboxylic acids is 1. The molecule has 28 heavy (non-hydrogen) atoms. The number of piperidine rings is 1. The van der Waals surface area contributed by atoms with E-state index in [0.29, 0.717) is 17.3 Å². The number of rotatable bonds is 7. The number of hydrogen-bond acceptors (Lipinski definition) is 4. The Balaban J connectivity index is 1.44. The molecule has 1 aromatic carbocycles. The average molecular weight is 384 g/mol. The number of amides is 1. The van der Waals surface area contributed by atoms with Crippen molar-refractivity contribution in [1.82, 2.24) is 14.8 Å². The number of anilines is 1. The number of pyridine rings is 1. The maximum atomic E-state index is 13.7. The van der Waals surface area contributed by atoms with Crippen LogP contribution in [0.2, 0.25) is 0 Å². The molecule has 1 aromatic heterocycles. The van der Waals surface area contributed by atoms with Crippen LogP contribution in [0, 0.1) is 11.7 Å². The van der Waals surface area contributed by atoms with E-state index in [9.17, 15) is 9.18 Å². The minimum absolute atomic E-state index is 0.0286. The standard InChI is InChI=1S/C22H29FN4O/c1-24-21-15-19(7-11-25-21)22(28)26(2)16-17-8-12-27(13-9-17)14-10-18-5-3-4-6-20(18)23/h3-7,11,15,17H,8-10,12-14,16H2,1-2H3,(H,24,25). The van der Waals surface area contributed by atoms with Crippen molar-refractivity contribution in [3.05, 3.63) is 59.5 Å². The second kappa shape index (κ2) is 9.64. The summed E-state index contributed by atoms with van der Waals surface area (Å²) in [7, 11) is 3.66. The summed E-state index contributed by atoms with van der Waals surface area (Å²) in [5, 5.41) is 2.96. The monoisotopic (exact) mass is 384 g/mol. The number of benzene rings is 1. The van der Waals surface area contributed by atoms with Crippen LogP contribution in [0.25, 0.3) is 0 Å². The van der Waals surface area contributed by atoms with Gasteiger partial charge in [0.05, 0.1) is 0 Å². The lowest BCUT2D eigenvalue weighted by Gasteiger charge is -2.34. The maximum Gasteiger partial charge on any atom is 0.253 e. The zero-order valence-corrected chi connectivity index (χ0v) is 16.7. The van der Waals surface area contributed by atoms with Crippen LogP contribution in [0.15, 0.2) is 42.6 Å². The zero-order valence-electron chi connectivity index (χ0n) is 16.7. The van der Waals surface area contributed by atoms with E-state index in [4.69, 9.17) is 0 Å². The molecule has 2 aromatic rings. The molecule has 1 amide bonds. The van der Waals surface area contributed by atoms with Gasteiger partial charge in [0.15, 0.2) is 0 Å². The van der Waals surface area contributed by atoms with Gasteiger partial charge in [-0.2, -0.15) is 0 Å². The Morgan fingerprint density at radius 3 is 2.75 bits per heavy atom. The molecule has 0 bridgehead atoms. The number of hydrogen-bond donors (Lipinski definition) is 1. The lowest BCUT2D eigenvalue weighted by molar-refractivity contribution is 0.0740. The summed E-state index contributed by atoms with van der Waals surface area (Å²) in [6.45, 7) is 3.64. The summed E-state index contributed by atoms with van der Waals surface area (Å²) in [5.74, 6) is 1.11. The topological polar surface area (TPSA) is 48.5 Å². The third-order valence-corrected chi connectivity index (χ3v) is 5.50. The first-order valence-electron chi connectivity index (χ1n) is 9.92. The molecule has 0 unspecified atom stereocenters. The minimum Gasteiger partial charge on any atom is -0.373 e. The van der Waals surface area contributed by atoms with E-state index in [1.165, 1.54) is 6.07 Å². The van der Waals surface area contributed by atoms with Gasteiger partial charge < -0.3 is 15.1 Å². The first-order valence-corrected chi connectivity index (χ1v) is 9.92. The number of carbonyl (C=O) groups is 1. The van der Waals surface area contributed by atoms with E-state index in [1.807, 2.05) is 24.1 Å². The molecular formula is C22H29FN4O. The molecule has 6 heteroatoms. The number of likely N-dealkylation sites (tertiary alicyclic amines) is 1. The van der Waals surface area contributed by atoms with Crippen molar-refractivity contribution in [3.8, 4) is 0 Å². The molecule has 0 aliphatic carbocycles. The Morgan fingerprint density at radius 2 is 2.04 bits per heavy atom. The Morgan fingerprint density at radius 1 is 1.29 bits per heavy atom. The molecule has 0 saturated carbocycles. The normalized spacial score (nSPS) is 15.4. The fourth-order valence-corrected chi connectivity index (χ4v) is 3.76. The van der Waals surface area contributed by atoms with Crippen LogP contribution in [0.4, 0.5) is 10.2 Å². The van der Waals surface area contributed by atoms with Crippen molar-refractivity contribution >= 4 is 11.7 Å². The Kier molecular flexibility index (Phi) is 6.98. The van der Waals surface area contributed by atoms with E-state index in [0.717, 1.165) is 51.0 Å². The van der Waals surface area contributed by atoms with Gasteiger partial charge in [0.1, 0.15) is 11.6 Å². The van der Waals surface area contributed by atoms with Crippen LogP contribution in [-0.2, 0) is 6.42 Å². The van der Waals surface area contributed by atoms with Crippen LogP contribution in [0.5, 0.6) is 0 Å². The molecule has 3 rings (SSSR count). The molecule has 0 atom stereocenters. The molecule has 5 nitrogen and oxygen atoms in total. The molecular weight excluding hydrogens is 355 g/mol. The number of halogens is 1. The highest BCUT2D eigenvalue weighted by Crippen LogP contribution is 2.20. The molecule has 2 heterocycles. The molecule has 150 valence electrons. The summed E-state index contributed by atoms with van der Waals surface area (Å²) in [6.07, 6.45) is 4.52. The van der Waals surface area contributed by atoms with Gasteiger partial charge >= 0.3 is 0 Å². The second-order valence-electron chi connectivity index (χ2n) is 7.49. The predicted octanol–water partition coefficient (Wildman–Crippen LogP) is 3.29. The zero-order chi connectivity index (χ0) is 19.9. The Hall–Kier alpha value is -2.47. The van der Waals surface area contributed by atoms with Crippen molar-refractivity contribution in [1.29, 1.82) is 0 Å². The largest absolute Gasteiger partial charge is 0.373 e. The molecule has 1 N–H and O–H groups in total. The van der Waals surface area contributed by atoms with Gasteiger partial charge in [-0.05, 0) is 62.0 Å². The molecule has 1 saturated heterocycles. The van der Waals surface area contributed by atoms with E-state index < -0.39 is 0 Å². The van der Waals surface area contributed by atoms with Crippen LogP contribution in [0.3, 0.4) is 0 Å². The summed E-state index contributed by atoms with van der Waals surface area (Å²) in [5.41, 5.74) is 1.44. The average Bonchev–Trinajstić information content (AvgIpc) is 2.73. The summed E-state index contributed by atoms with van der Waals surface area (Å²) < 4.78 is 13.7. The fraction of sp³-hybridized carbons (Fsp3) is 0.455. The van der Waals surface area contributed by atoms with E-state index >= 15 is 0 Å². The van der Waals surface area contributed by atoms with Crippen molar-refractivity contribution in [2.75, 3.05) is 45.6 Å². The highest BCUT2D eigenvalue weighted by Gasteiger charge is 2.22. The maximum absolute atomic E-state index is 13.7. The van der Waals surface area contributed by atoms with Gasteiger partial charge in [0, 0.05) is 38.9 Å². The number of aromatic nitrogens is 1.